The van der Waals surface area contributed by atoms with Gasteiger partial charge >= 0.3 is 51.4 Å². The Hall–Kier alpha value is 1.92. The number of aliphatic hydroxyl groups excluding tert-OH is 2. The first-order valence-electron chi connectivity index (χ1n) is 22.6. The van der Waals surface area contributed by atoms with Crippen LogP contribution in [0, 0.1) is 0 Å². The predicted octanol–water partition coefficient (Wildman–Crippen LogP) is 14.5. The number of hydrogen-bond acceptors (Lipinski definition) is 5. The molecule has 0 fully saturated rings. The number of ether oxygens (including phenoxy) is 2. The molecular formula is C49H112BrKO5. The van der Waals surface area contributed by atoms with Crippen LogP contribution in [0.2, 0.25) is 0 Å². The van der Waals surface area contributed by atoms with Crippen molar-refractivity contribution in [2.75, 3.05) is 45.5 Å². The molecule has 3 N–H and O–H groups in total. The molecule has 5 nitrogen and oxygen atoms in total. The summed E-state index contributed by atoms with van der Waals surface area (Å²) in [4.78, 5) is 0. The molecule has 0 radical (unpaired) electrons. The number of aliphatic hydroxyl groups is 2. The summed E-state index contributed by atoms with van der Waals surface area (Å²) in [5.41, 5.74) is 0. The second-order valence-corrected chi connectivity index (χ2v) is 15.6. The van der Waals surface area contributed by atoms with E-state index in [0.717, 1.165) is 45.5 Å². The van der Waals surface area contributed by atoms with Gasteiger partial charge < -0.3 is 25.2 Å². The van der Waals surface area contributed by atoms with Crippen LogP contribution in [-0.4, -0.2) is 61.2 Å². The van der Waals surface area contributed by atoms with Crippen LogP contribution in [0.3, 0.4) is 0 Å². The summed E-state index contributed by atoms with van der Waals surface area (Å²) in [7, 11) is 1.76. The molecule has 0 rings (SSSR count). The molecule has 0 bridgehead atoms. The molecule has 0 heterocycles. The van der Waals surface area contributed by atoms with Gasteiger partial charge in [0.2, 0.25) is 0 Å². The monoisotopic (exact) mass is 899 g/mol. The molecule has 0 amide bonds. The zero-order valence-electron chi connectivity index (χ0n) is 36.2. The first-order valence-corrected chi connectivity index (χ1v) is 23.7. The first-order chi connectivity index (χ1) is 24.7. The van der Waals surface area contributed by atoms with E-state index < -0.39 is 0 Å². The molecule has 0 aromatic heterocycles. The van der Waals surface area contributed by atoms with E-state index in [1.165, 1.54) is 211 Å². The zero-order chi connectivity index (χ0) is 37.1. The van der Waals surface area contributed by atoms with Gasteiger partial charge in [-0.15, -0.1) is 0 Å². The Morgan fingerprint density at radius 3 is 0.786 bits per heavy atom. The third-order valence-electron chi connectivity index (χ3n) is 9.58. The third kappa shape index (κ3) is 91.6. The van der Waals surface area contributed by atoms with Crippen LogP contribution < -0.4 is 51.4 Å². The minimum Gasteiger partial charge on any atom is -0.870 e. The fourth-order valence-corrected chi connectivity index (χ4v) is 6.57. The van der Waals surface area contributed by atoms with Crippen molar-refractivity contribution < 1.29 is 76.5 Å². The Kier molecular flexibility index (Phi) is 118. The second-order valence-electron chi connectivity index (χ2n) is 14.8. The normalized spacial score (nSPS) is 9.75. The van der Waals surface area contributed by atoms with Crippen molar-refractivity contribution in [1.29, 1.82) is 0 Å². The van der Waals surface area contributed by atoms with Crippen LogP contribution in [0.25, 0.3) is 0 Å². The summed E-state index contributed by atoms with van der Waals surface area (Å²) in [5, 5.41) is 17.4. The summed E-state index contributed by atoms with van der Waals surface area (Å²) in [5.74, 6) is 0. The quantitative estimate of drug-likeness (QED) is 0.0362. The van der Waals surface area contributed by atoms with Crippen molar-refractivity contribution in [3.05, 3.63) is 0 Å². The van der Waals surface area contributed by atoms with E-state index in [9.17, 15) is 0 Å². The van der Waals surface area contributed by atoms with Gasteiger partial charge in [-0.1, -0.05) is 252 Å². The van der Waals surface area contributed by atoms with E-state index in [1.807, 2.05) is 0 Å². The maximum atomic E-state index is 8.09. The Morgan fingerprint density at radius 2 is 0.554 bits per heavy atom. The van der Waals surface area contributed by atoms with E-state index in [1.54, 1.807) is 7.11 Å². The van der Waals surface area contributed by atoms with E-state index in [-0.39, 0.29) is 99.8 Å². The van der Waals surface area contributed by atoms with Gasteiger partial charge in [0.25, 0.3) is 0 Å². The minimum atomic E-state index is 0. The largest absolute Gasteiger partial charge is 1.00 e. The molecule has 0 spiro atoms. The van der Waals surface area contributed by atoms with Gasteiger partial charge in [-0.3, -0.25) is 0 Å². The van der Waals surface area contributed by atoms with Gasteiger partial charge in [-0.2, -0.15) is 0 Å². The van der Waals surface area contributed by atoms with Gasteiger partial charge in [-0.05, 0) is 38.5 Å². The molecule has 0 aromatic carbocycles. The Bertz CT molecular complexity index is 477. The molecule has 0 saturated carbocycles. The molecule has 0 aliphatic rings. The third-order valence-corrected chi connectivity index (χ3v) is 10.1. The van der Waals surface area contributed by atoms with E-state index in [4.69, 9.17) is 19.7 Å². The van der Waals surface area contributed by atoms with Crippen LogP contribution in [0.5, 0.6) is 0 Å². The molecule has 56 heavy (non-hydrogen) atoms. The number of unbranched alkanes of at least 4 members (excludes halogenated alkanes) is 32. The first kappa shape index (κ1) is 78.4. The van der Waals surface area contributed by atoms with E-state index >= 15 is 0 Å². The average Bonchev–Trinajstić information content (AvgIpc) is 3.13. The van der Waals surface area contributed by atoms with Crippen LogP contribution in [0.4, 0.5) is 0 Å². The maximum absolute atomic E-state index is 8.09. The summed E-state index contributed by atoms with van der Waals surface area (Å²) in [6, 6.07) is 0. The smallest absolute Gasteiger partial charge is 0.870 e. The van der Waals surface area contributed by atoms with Gasteiger partial charge in [0, 0.05) is 45.5 Å². The average molecular weight is 900 g/mol. The van der Waals surface area contributed by atoms with Crippen molar-refractivity contribution in [2.45, 2.75) is 275 Å². The Balaban J connectivity index is -0.0000000914. The zero-order valence-corrected chi connectivity index (χ0v) is 40.9. The number of methoxy groups -OCH3 is 1. The van der Waals surface area contributed by atoms with Crippen LogP contribution in [0.15, 0.2) is 0 Å². The summed E-state index contributed by atoms with van der Waals surface area (Å²) >= 11 is 3.49. The van der Waals surface area contributed by atoms with Crippen LogP contribution in [0.1, 0.15) is 275 Å². The number of rotatable bonds is 41. The van der Waals surface area contributed by atoms with Crippen molar-refractivity contribution >= 4 is 15.9 Å². The van der Waals surface area contributed by atoms with E-state index in [2.05, 4.69) is 29.8 Å². The van der Waals surface area contributed by atoms with Crippen LogP contribution >= 0.6 is 15.9 Å². The molecule has 7 heteroatoms. The van der Waals surface area contributed by atoms with Crippen molar-refractivity contribution in [1.82, 2.24) is 0 Å². The predicted molar refractivity (Wildman–Crippen MR) is 257 cm³/mol. The second kappa shape index (κ2) is 84.4. The molecule has 346 valence electrons. The standard InChI is InChI=1S/C23H48O2.C18H37Br.C4H10O2.4CH4.K.H2O/c1-3-4-5-6-7-8-9-10-11-12-13-14-15-16-17-18-22-25-23-20-19-21-24-2;1-2-3-4-5-6-7-8-9-10-11-12-13-14-15-16-17-18-19;5-3-1-2-4-6;;;;;;/h3-23H2,1-2H3;2-18H2,1H3;5-6H,1-4H2;4*1H4;;1H2/q;;;;;;;+1;/p-1. The maximum Gasteiger partial charge on any atom is 1.00 e. The number of halogens is 1. The van der Waals surface area contributed by atoms with Crippen LogP contribution in [-0.2, 0) is 9.47 Å². The summed E-state index contributed by atoms with van der Waals surface area (Å²) < 4.78 is 10.7. The topological polar surface area (TPSA) is 88.9 Å². The van der Waals surface area contributed by atoms with Crippen molar-refractivity contribution in [3.8, 4) is 0 Å². The molecule has 0 unspecified atom stereocenters. The fraction of sp³-hybridized carbons (Fsp3) is 1.00. The number of hydrogen-bond donors (Lipinski definition) is 2. The fourth-order valence-electron chi connectivity index (χ4n) is 6.17. The van der Waals surface area contributed by atoms with Gasteiger partial charge in [0.1, 0.15) is 0 Å². The van der Waals surface area contributed by atoms with Gasteiger partial charge in [0.15, 0.2) is 0 Å². The molecule has 0 aliphatic heterocycles. The number of alkyl halides is 1. The van der Waals surface area contributed by atoms with Crippen molar-refractivity contribution in [2.24, 2.45) is 0 Å². The minimum absolute atomic E-state index is 0. The van der Waals surface area contributed by atoms with Gasteiger partial charge in [-0.25, -0.2) is 0 Å². The Morgan fingerprint density at radius 1 is 0.339 bits per heavy atom. The molecule has 0 aromatic rings. The molecule has 0 saturated heterocycles. The summed E-state index contributed by atoms with van der Waals surface area (Å²) in [6.45, 7) is 7.69. The van der Waals surface area contributed by atoms with Crippen molar-refractivity contribution in [3.63, 3.8) is 0 Å². The SMILES string of the molecule is C.C.C.C.CCCCCCCCCCCCCCCCCCBr.CCCCCCCCCCCCCCCCCCOCCCCOC.OCCCCO.[K+].[OH-]. The molecule has 0 atom stereocenters. The molecule has 0 aliphatic carbocycles. The van der Waals surface area contributed by atoms with E-state index in [0.29, 0.717) is 0 Å². The molecular weight excluding hydrogens is 788 g/mol. The Labute approximate surface area is 408 Å². The summed E-state index contributed by atoms with van der Waals surface area (Å²) in [6.07, 6.45) is 49.8. The van der Waals surface area contributed by atoms with Gasteiger partial charge in [0.05, 0.1) is 0 Å².